The molecule has 0 saturated carbocycles. The summed E-state index contributed by atoms with van der Waals surface area (Å²) in [5.41, 5.74) is 1.77. The Bertz CT molecular complexity index is 1410. The Kier molecular flexibility index (Phi) is 7.52. The second kappa shape index (κ2) is 11.1. The van der Waals surface area contributed by atoms with E-state index in [0.29, 0.717) is 40.4 Å². The van der Waals surface area contributed by atoms with Crippen LogP contribution >= 0.6 is 0 Å². The van der Waals surface area contributed by atoms with E-state index in [-0.39, 0.29) is 18.8 Å². The fourth-order valence-electron chi connectivity index (χ4n) is 3.46. The molecule has 8 heteroatoms. The molecule has 4 rings (SSSR count). The van der Waals surface area contributed by atoms with E-state index in [1.54, 1.807) is 49.5 Å². The number of fused-ring (bicyclic) bond motifs is 1. The number of ether oxygens (including phenoxy) is 3. The monoisotopic (exact) mass is 471 g/mol. The Morgan fingerprint density at radius 3 is 2.49 bits per heavy atom. The third-order valence-corrected chi connectivity index (χ3v) is 5.03. The molecule has 0 bridgehead atoms. The molecule has 0 saturated heterocycles. The number of aromatic nitrogens is 2. The quantitative estimate of drug-likeness (QED) is 0.267. The maximum Gasteiger partial charge on any atom is 0.344 e. The summed E-state index contributed by atoms with van der Waals surface area (Å²) in [6.45, 7) is 4.05. The molecule has 0 spiro atoms. The summed E-state index contributed by atoms with van der Waals surface area (Å²) in [5.74, 6) is 0.835. The van der Waals surface area contributed by atoms with Crippen molar-refractivity contribution in [2.45, 2.75) is 13.8 Å². The highest BCUT2D eigenvalue weighted by atomic mass is 16.6. The minimum absolute atomic E-state index is 0.222. The number of benzene rings is 3. The average Bonchev–Trinajstić information content (AvgIpc) is 2.88. The predicted octanol–water partition coefficient (Wildman–Crippen LogP) is 4.29. The molecule has 1 aromatic heterocycles. The van der Waals surface area contributed by atoms with Gasteiger partial charge in [-0.05, 0) is 49.7 Å². The lowest BCUT2D eigenvalue weighted by molar-refractivity contribution is -0.145. The van der Waals surface area contributed by atoms with E-state index in [0.717, 1.165) is 5.56 Å². The van der Waals surface area contributed by atoms with Gasteiger partial charge in [-0.3, -0.25) is 4.79 Å². The Labute approximate surface area is 202 Å². The van der Waals surface area contributed by atoms with Crippen LogP contribution in [0.5, 0.6) is 11.5 Å². The van der Waals surface area contributed by atoms with Crippen LogP contribution in [0.15, 0.2) is 82.7 Å². The first kappa shape index (κ1) is 23.7. The van der Waals surface area contributed by atoms with Gasteiger partial charge < -0.3 is 14.2 Å². The standard InChI is InChI=1S/C27H25N3O5/c1-3-33-24-16-19(14-15-23(24)35-18-25(31)34-4-2)17-28-30-26(20-10-6-5-7-11-20)29-22-13-9-8-12-21(22)27(30)32/h5-17H,3-4,18H2,1-2H3. The normalized spacial score (nSPS) is 11.0. The molecule has 178 valence electrons. The molecular formula is C27H25N3O5. The largest absolute Gasteiger partial charge is 0.490 e. The summed E-state index contributed by atoms with van der Waals surface area (Å²) in [5, 5.41) is 4.95. The van der Waals surface area contributed by atoms with Crippen molar-refractivity contribution in [2.75, 3.05) is 19.8 Å². The number of hydrogen-bond donors (Lipinski definition) is 0. The van der Waals surface area contributed by atoms with Crippen LogP contribution in [0.1, 0.15) is 19.4 Å². The fraction of sp³-hybridized carbons (Fsp3) is 0.185. The zero-order valence-electron chi connectivity index (χ0n) is 19.5. The molecule has 4 aromatic rings. The van der Waals surface area contributed by atoms with Gasteiger partial charge in [0.2, 0.25) is 0 Å². The zero-order chi connectivity index (χ0) is 24.6. The number of esters is 1. The highest BCUT2D eigenvalue weighted by molar-refractivity contribution is 5.83. The van der Waals surface area contributed by atoms with Crippen molar-refractivity contribution < 1.29 is 19.0 Å². The molecule has 0 atom stereocenters. The fourth-order valence-corrected chi connectivity index (χ4v) is 3.46. The number of carbonyl (C=O) groups is 1. The van der Waals surface area contributed by atoms with E-state index in [1.807, 2.05) is 43.3 Å². The van der Waals surface area contributed by atoms with Gasteiger partial charge in [0, 0.05) is 5.56 Å². The predicted molar refractivity (Wildman–Crippen MR) is 134 cm³/mol. The summed E-state index contributed by atoms with van der Waals surface area (Å²) < 4.78 is 17.4. The highest BCUT2D eigenvalue weighted by Gasteiger charge is 2.13. The van der Waals surface area contributed by atoms with Gasteiger partial charge in [0.1, 0.15) is 0 Å². The smallest absolute Gasteiger partial charge is 0.344 e. The first-order chi connectivity index (χ1) is 17.1. The van der Waals surface area contributed by atoms with Crippen LogP contribution in [0.2, 0.25) is 0 Å². The van der Waals surface area contributed by atoms with Gasteiger partial charge in [0.05, 0.1) is 30.3 Å². The van der Waals surface area contributed by atoms with Crippen molar-refractivity contribution in [2.24, 2.45) is 5.10 Å². The summed E-state index contributed by atoms with van der Waals surface area (Å²) in [6.07, 6.45) is 1.56. The summed E-state index contributed by atoms with van der Waals surface area (Å²) in [6, 6.07) is 21.8. The van der Waals surface area contributed by atoms with E-state index in [9.17, 15) is 9.59 Å². The summed E-state index contributed by atoms with van der Waals surface area (Å²) in [7, 11) is 0. The maximum atomic E-state index is 13.3. The molecule has 0 aliphatic carbocycles. The van der Waals surface area contributed by atoms with Gasteiger partial charge >= 0.3 is 5.97 Å². The second-order valence-electron chi connectivity index (χ2n) is 7.41. The number of rotatable bonds is 9. The minimum atomic E-state index is -0.461. The molecular weight excluding hydrogens is 446 g/mol. The third-order valence-electron chi connectivity index (χ3n) is 5.03. The van der Waals surface area contributed by atoms with Crippen molar-refractivity contribution >= 4 is 23.1 Å². The van der Waals surface area contributed by atoms with Crippen LogP contribution in [0.4, 0.5) is 0 Å². The van der Waals surface area contributed by atoms with Crippen molar-refractivity contribution in [3.8, 4) is 22.9 Å². The average molecular weight is 472 g/mol. The van der Waals surface area contributed by atoms with E-state index in [4.69, 9.17) is 19.2 Å². The van der Waals surface area contributed by atoms with Gasteiger partial charge in [0.25, 0.3) is 5.56 Å². The summed E-state index contributed by atoms with van der Waals surface area (Å²) >= 11 is 0. The molecule has 0 amide bonds. The molecule has 0 N–H and O–H groups in total. The van der Waals surface area contributed by atoms with Gasteiger partial charge in [-0.2, -0.15) is 9.78 Å². The lowest BCUT2D eigenvalue weighted by Gasteiger charge is -2.12. The Morgan fingerprint density at radius 2 is 1.71 bits per heavy atom. The number of para-hydroxylation sites is 1. The van der Waals surface area contributed by atoms with Crippen molar-refractivity contribution in [1.82, 2.24) is 9.66 Å². The zero-order valence-corrected chi connectivity index (χ0v) is 19.5. The molecule has 0 fully saturated rings. The number of hydrogen-bond acceptors (Lipinski definition) is 7. The first-order valence-corrected chi connectivity index (χ1v) is 11.3. The van der Waals surface area contributed by atoms with E-state index >= 15 is 0 Å². The summed E-state index contributed by atoms with van der Waals surface area (Å²) in [4.78, 5) is 29.6. The molecule has 0 unspecified atom stereocenters. The maximum absolute atomic E-state index is 13.3. The molecule has 0 radical (unpaired) electrons. The SMILES string of the molecule is CCOC(=O)COc1ccc(C=Nn2c(-c3ccccc3)nc3ccccc3c2=O)cc1OCC. The van der Waals surface area contributed by atoms with E-state index < -0.39 is 5.97 Å². The van der Waals surface area contributed by atoms with Gasteiger partial charge in [0.15, 0.2) is 23.9 Å². The topological polar surface area (TPSA) is 92.0 Å². The lowest BCUT2D eigenvalue weighted by Crippen LogP contribution is -2.20. The van der Waals surface area contributed by atoms with Gasteiger partial charge in [-0.1, -0.05) is 42.5 Å². The Balaban J connectivity index is 1.71. The molecule has 35 heavy (non-hydrogen) atoms. The molecule has 8 nitrogen and oxygen atoms in total. The van der Waals surface area contributed by atoms with E-state index in [2.05, 4.69) is 5.10 Å². The number of nitrogens with zero attached hydrogens (tertiary/aromatic N) is 3. The first-order valence-electron chi connectivity index (χ1n) is 11.3. The van der Waals surface area contributed by atoms with Crippen molar-refractivity contribution in [1.29, 1.82) is 0 Å². The molecule has 0 aliphatic heterocycles. The molecule has 3 aromatic carbocycles. The van der Waals surface area contributed by atoms with Gasteiger partial charge in [-0.25, -0.2) is 9.78 Å². The van der Waals surface area contributed by atoms with Crippen LogP contribution < -0.4 is 15.0 Å². The third kappa shape index (κ3) is 5.55. The van der Waals surface area contributed by atoms with Crippen LogP contribution in [0.25, 0.3) is 22.3 Å². The Morgan fingerprint density at radius 1 is 0.943 bits per heavy atom. The van der Waals surface area contributed by atoms with Crippen LogP contribution in [0, 0.1) is 0 Å². The number of carbonyl (C=O) groups excluding carboxylic acids is 1. The molecule has 0 aliphatic rings. The Hall–Kier alpha value is -4.46. The van der Waals surface area contributed by atoms with Crippen LogP contribution in [-0.4, -0.2) is 41.7 Å². The second-order valence-corrected chi connectivity index (χ2v) is 7.41. The molecule has 1 heterocycles. The van der Waals surface area contributed by atoms with Gasteiger partial charge in [-0.15, -0.1) is 0 Å². The minimum Gasteiger partial charge on any atom is -0.490 e. The van der Waals surface area contributed by atoms with E-state index in [1.165, 1.54) is 4.68 Å². The van der Waals surface area contributed by atoms with Crippen molar-refractivity contribution in [3.05, 3.63) is 88.7 Å². The van der Waals surface area contributed by atoms with Crippen LogP contribution in [0.3, 0.4) is 0 Å². The lowest BCUT2D eigenvalue weighted by atomic mass is 10.2. The van der Waals surface area contributed by atoms with Crippen LogP contribution in [-0.2, 0) is 9.53 Å². The van der Waals surface area contributed by atoms with Crippen molar-refractivity contribution in [3.63, 3.8) is 0 Å². The highest BCUT2D eigenvalue weighted by Crippen LogP contribution is 2.28.